The van der Waals surface area contributed by atoms with E-state index in [1.165, 1.54) is 14.2 Å². The molecule has 0 aromatic heterocycles. The summed E-state index contributed by atoms with van der Waals surface area (Å²) in [4.78, 5) is 10.5. The van der Waals surface area contributed by atoms with E-state index < -0.39 is 11.9 Å². The third kappa shape index (κ3) is 5.51. The first-order valence-corrected chi connectivity index (χ1v) is 4.70. The van der Waals surface area contributed by atoms with Crippen LogP contribution in [-0.2, 0) is 14.3 Å². The Bertz CT molecular complexity index is 234. The molecule has 0 rings (SSSR count). The lowest BCUT2D eigenvalue weighted by molar-refractivity contribution is -0.214. The highest BCUT2D eigenvalue weighted by atomic mass is 16.7. The van der Waals surface area contributed by atoms with Crippen LogP contribution in [-0.4, -0.2) is 37.8 Å². The average molecular weight is 217 g/mol. The van der Waals surface area contributed by atoms with Crippen LogP contribution in [0.2, 0.25) is 0 Å². The molecule has 2 N–H and O–H groups in total. The van der Waals surface area contributed by atoms with Crippen LogP contribution in [0, 0.1) is 0 Å². The lowest BCUT2D eigenvalue weighted by atomic mass is 10.2. The zero-order valence-corrected chi connectivity index (χ0v) is 9.66. The van der Waals surface area contributed by atoms with E-state index in [0.29, 0.717) is 18.5 Å². The average Bonchev–Trinajstić information content (AvgIpc) is 2.23. The van der Waals surface area contributed by atoms with Crippen LogP contribution in [0.4, 0.5) is 0 Å². The fourth-order valence-corrected chi connectivity index (χ4v) is 0.903. The Hall–Kier alpha value is -0.910. The summed E-state index contributed by atoms with van der Waals surface area (Å²) in [7, 11) is 3.07. The van der Waals surface area contributed by atoms with E-state index in [4.69, 9.17) is 14.6 Å². The fraction of sp³-hybridized carbons (Fsp3) is 0.700. The highest BCUT2D eigenvalue weighted by Gasteiger charge is 2.20. The molecule has 5 heteroatoms. The molecule has 0 saturated carbocycles. The van der Waals surface area contributed by atoms with Crippen molar-refractivity contribution in [1.82, 2.24) is 5.32 Å². The molecular weight excluding hydrogens is 198 g/mol. The minimum Gasteiger partial charge on any atom is -0.478 e. The molecule has 0 unspecified atom stereocenters. The van der Waals surface area contributed by atoms with Crippen LogP contribution in [0.5, 0.6) is 0 Å². The molecule has 15 heavy (non-hydrogen) atoms. The smallest absolute Gasteiger partial charge is 0.330 e. The minimum atomic E-state index is -0.892. The number of carbonyl (C=O) groups is 1. The van der Waals surface area contributed by atoms with E-state index in [-0.39, 0.29) is 0 Å². The van der Waals surface area contributed by atoms with Crippen molar-refractivity contribution in [3.8, 4) is 0 Å². The Morgan fingerprint density at radius 3 is 2.40 bits per heavy atom. The summed E-state index contributed by atoms with van der Waals surface area (Å²) in [5.74, 6) is -1.71. The molecule has 0 fully saturated rings. The predicted octanol–water partition coefficient (Wildman–Crippen LogP) is 0.964. The minimum absolute atomic E-state index is 0.341. The third-order valence-corrected chi connectivity index (χ3v) is 2.16. The molecule has 0 radical (unpaired) electrons. The van der Waals surface area contributed by atoms with Gasteiger partial charge in [-0.05, 0) is 13.3 Å². The standard InChI is InChI=1S/C10H19NO4/c1-8(9(12)13)6-5-7-11-10(2,14-3)15-4/h6,11H,5,7H2,1-4H3,(H,12,13). The number of ether oxygens (including phenoxy) is 2. The maximum Gasteiger partial charge on any atom is 0.330 e. The molecule has 0 aliphatic rings. The summed E-state index contributed by atoms with van der Waals surface area (Å²) in [6, 6.07) is 0. The second-order valence-electron chi connectivity index (χ2n) is 3.26. The normalized spacial score (nSPS) is 12.9. The van der Waals surface area contributed by atoms with Gasteiger partial charge in [-0.25, -0.2) is 4.79 Å². The zero-order chi connectivity index (χ0) is 11.9. The Morgan fingerprint density at radius 2 is 2.00 bits per heavy atom. The molecule has 0 atom stereocenters. The lowest BCUT2D eigenvalue weighted by Crippen LogP contribution is -2.46. The molecule has 0 heterocycles. The second kappa shape index (κ2) is 6.55. The van der Waals surface area contributed by atoms with Crippen LogP contribution < -0.4 is 5.32 Å². The van der Waals surface area contributed by atoms with Crippen LogP contribution in [0.1, 0.15) is 20.3 Å². The van der Waals surface area contributed by atoms with Gasteiger partial charge in [-0.15, -0.1) is 0 Å². The molecule has 0 aliphatic carbocycles. The highest BCUT2D eigenvalue weighted by molar-refractivity contribution is 5.85. The Kier molecular flexibility index (Phi) is 6.15. The van der Waals surface area contributed by atoms with E-state index in [0.717, 1.165) is 0 Å². The van der Waals surface area contributed by atoms with Crippen LogP contribution in [0.15, 0.2) is 11.6 Å². The van der Waals surface area contributed by atoms with Crippen LogP contribution in [0.3, 0.4) is 0 Å². The number of nitrogens with one attached hydrogen (secondary N) is 1. The van der Waals surface area contributed by atoms with E-state index >= 15 is 0 Å². The Balaban J connectivity index is 3.89. The molecular formula is C10H19NO4. The van der Waals surface area contributed by atoms with E-state index in [1.54, 1.807) is 19.9 Å². The van der Waals surface area contributed by atoms with Gasteiger partial charge in [0.2, 0.25) is 5.91 Å². The van der Waals surface area contributed by atoms with Crippen molar-refractivity contribution in [3.63, 3.8) is 0 Å². The fourth-order valence-electron chi connectivity index (χ4n) is 0.903. The summed E-state index contributed by atoms with van der Waals surface area (Å²) >= 11 is 0. The van der Waals surface area contributed by atoms with Crippen molar-refractivity contribution in [3.05, 3.63) is 11.6 Å². The number of carboxylic acids is 1. The van der Waals surface area contributed by atoms with Crippen LogP contribution >= 0.6 is 0 Å². The molecule has 0 aromatic rings. The highest BCUT2D eigenvalue weighted by Crippen LogP contribution is 2.04. The number of hydrogen-bond acceptors (Lipinski definition) is 4. The first-order chi connectivity index (χ1) is 6.95. The topological polar surface area (TPSA) is 67.8 Å². The van der Waals surface area contributed by atoms with Gasteiger partial charge in [0, 0.05) is 33.3 Å². The van der Waals surface area contributed by atoms with Gasteiger partial charge in [0.15, 0.2) is 0 Å². The summed E-state index contributed by atoms with van der Waals surface area (Å²) in [5, 5.41) is 11.6. The van der Waals surface area contributed by atoms with Crippen molar-refractivity contribution < 1.29 is 19.4 Å². The molecule has 5 nitrogen and oxygen atoms in total. The molecule has 0 amide bonds. The maximum atomic E-state index is 10.5. The quantitative estimate of drug-likeness (QED) is 0.378. The summed E-state index contributed by atoms with van der Waals surface area (Å²) in [6.45, 7) is 3.90. The summed E-state index contributed by atoms with van der Waals surface area (Å²) in [5.41, 5.74) is 0.341. The zero-order valence-electron chi connectivity index (χ0n) is 9.66. The molecule has 0 bridgehead atoms. The number of hydrogen-bond donors (Lipinski definition) is 2. The van der Waals surface area contributed by atoms with Crippen molar-refractivity contribution >= 4 is 5.97 Å². The monoisotopic (exact) mass is 217 g/mol. The van der Waals surface area contributed by atoms with E-state index in [9.17, 15) is 4.79 Å². The SMILES string of the molecule is COC(C)(NCCC=C(C)C(=O)O)OC. The van der Waals surface area contributed by atoms with Crippen molar-refractivity contribution in [1.29, 1.82) is 0 Å². The van der Waals surface area contributed by atoms with Gasteiger partial charge >= 0.3 is 5.97 Å². The van der Waals surface area contributed by atoms with Gasteiger partial charge in [0.25, 0.3) is 0 Å². The third-order valence-electron chi connectivity index (χ3n) is 2.16. The number of rotatable bonds is 7. The van der Waals surface area contributed by atoms with Crippen molar-refractivity contribution in [2.24, 2.45) is 0 Å². The van der Waals surface area contributed by atoms with Gasteiger partial charge in [-0.1, -0.05) is 6.08 Å². The molecule has 88 valence electrons. The Labute approximate surface area is 90.1 Å². The molecule has 0 saturated heterocycles. The van der Waals surface area contributed by atoms with Gasteiger partial charge in [-0.3, -0.25) is 5.32 Å². The van der Waals surface area contributed by atoms with Crippen molar-refractivity contribution in [2.45, 2.75) is 26.2 Å². The summed E-state index contributed by atoms with van der Waals surface area (Å²) in [6.07, 6.45) is 2.27. The largest absolute Gasteiger partial charge is 0.478 e. The van der Waals surface area contributed by atoms with Gasteiger partial charge in [-0.2, -0.15) is 0 Å². The maximum absolute atomic E-state index is 10.5. The van der Waals surface area contributed by atoms with Crippen molar-refractivity contribution in [2.75, 3.05) is 20.8 Å². The predicted molar refractivity (Wildman–Crippen MR) is 56.4 cm³/mol. The first kappa shape index (κ1) is 14.1. The second-order valence-corrected chi connectivity index (χ2v) is 3.26. The van der Waals surface area contributed by atoms with Gasteiger partial charge in [0.1, 0.15) is 0 Å². The molecule has 0 aromatic carbocycles. The Morgan fingerprint density at radius 1 is 1.47 bits per heavy atom. The van der Waals surface area contributed by atoms with E-state index in [1.807, 2.05) is 0 Å². The van der Waals surface area contributed by atoms with Gasteiger partial charge in [0.05, 0.1) is 0 Å². The number of carboxylic acid groups (broad SMARTS) is 1. The summed E-state index contributed by atoms with van der Waals surface area (Å²) < 4.78 is 10.1. The van der Waals surface area contributed by atoms with Crippen LogP contribution in [0.25, 0.3) is 0 Å². The number of methoxy groups -OCH3 is 2. The van der Waals surface area contributed by atoms with E-state index in [2.05, 4.69) is 5.32 Å². The molecule has 0 aliphatic heterocycles. The molecule has 0 spiro atoms. The number of aliphatic carboxylic acids is 1. The first-order valence-electron chi connectivity index (χ1n) is 4.70. The lowest BCUT2D eigenvalue weighted by Gasteiger charge is -2.27. The van der Waals surface area contributed by atoms with Gasteiger partial charge < -0.3 is 14.6 Å².